The molecule has 0 spiro atoms. The Kier molecular flexibility index (Phi) is 4.74. The number of rotatable bonds is 5. The summed E-state index contributed by atoms with van der Waals surface area (Å²) in [5.41, 5.74) is -0.786. The molecule has 1 aromatic heterocycles. The third kappa shape index (κ3) is 4.22. The second-order valence-corrected chi connectivity index (χ2v) is 3.67. The number of aromatic nitrogens is 1. The highest BCUT2D eigenvalue weighted by Crippen LogP contribution is 2.33. The van der Waals surface area contributed by atoms with Gasteiger partial charge in [0.05, 0.1) is 11.7 Å². The first-order chi connectivity index (χ1) is 7.95. The van der Waals surface area contributed by atoms with E-state index in [4.69, 9.17) is 0 Å². The van der Waals surface area contributed by atoms with E-state index in [1.165, 1.54) is 12.3 Å². The van der Waals surface area contributed by atoms with Gasteiger partial charge in [0.1, 0.15) is 5.82 Å². The molecule has 1 rings (SSSR count). The lowest BCUT2D eigenvalue weighted by atomic mass is 10.2. The second kappa shape index (κ2) is 5.86. The summed E-state index contributed by atoms with van der Waals surface area (Å²) in [4.78, 5) is 3.66. The highest BCUT2D eigenvalue weighted by Gasteiger charge is 2.33. The molecule has 1 unspecified atom stereocenters. The van der Waals surface area contributed by atoms with Gasteiger partial charge in [-0.05, 0) is 25.0 Å². The molecule has 1 atom stereocenters. The van der Waals surface area contributed by atoms with E-state index in [2.05, 4.69) is 10.3 Å². The van der Waals surface area contributed by atoms with E-state index in [-0.39, 0.29) is 12.4 Å². The number of nitrogens with one attached hydrogen (secondary N) is 1. The second-order valence-electron chi connectivity index (χ2n) is 3.67. The smallest absolute Gasteiger partial charge is 0.393 e. The van der Waals surface area contributed by atoms with Gasteiger partial charge in [-0.3, -0.25) is 0 Å². The Balaban J connectivity index is 2.65. The molecule has 0 aliphatic heterocycles. The zero-order chi connectivity index (χ0) is 12.9. The van der Waals surface area contributed by atoms with Gasteiger partial charge in [-0.25, -0.2) is 4.98 Å². The van der Waals surface area contributed by atoms with Crippen molar-refractivity contribution >= 4 is 5.82 Å². The maximum atomic E-state index is 12.6. The van der Waals surface area contributed by atoms with Crippen LogP contribution in [-0.4, -0.2) is 22.7 Å². The molecule has 1 heterocycles. The van der Waals surface area contributed by atoms with E-state index >= 15 is 0 Å². The first-order valence-electron chi connectivity index (χ1n) is 5.39. The molecular formula is C11H15F3N2O. The number of pyridine rings is 1. The molecule has 0 saturated carbocycles. The van der Waals surface area contributed by atoms with E-state index in [0.717, 1.165) is 6.07 Å². The average Bonchev–Trinajstić information content (AvgIpc) is 2.28. The zero-order valence-corrected chi connectivity index (χ0v) is 9.46. The fourth-order valence-corrected chi connectivity index (χ4v) is 1.34. The Bertz CT molecular complexity index is 355. The minimum absolute atomic E-state index is 0.191. The van der Waals surface area contributed by atoms with E-state index in [9.17, 15) is 18.3 Å². The first kappa shape index (κ1) is 13.8. The average molecular weight is 248 g/mol. The van der Waals surface area contributed by atoms with Crippen LogP contribution >= 0.6 is 0 Å². The molecular weight excluding hydrogens is 233 g/mol. The molecule has 0 aliphatic rings. The number of nitrogens with zero attached hydrogens (tertiary/aromatic N) is 1. The molecule has 0 bridgehead atoms. The van der Waals surface area contributed by atoms with Crippen molar-refractivity contribution in [1.29, 1.82) is 0 Å². The van der Waals surface area contributed by atoms with Gasteiger partial charge in [0.25, 0.3) is 0 Å². The van der Waals surface area contributed by atoms with E-state index in [1.54, 1.807) is 0 Å². The topological polar surface area (TPSA) is 45.1 Å². The van der Waals surface area contributed by atoms with Gasteiger partial charge in [-0.15, -0.1) is 0 Å². The lowest BCUT2D eigenvalue weighted by Gasteiger charge is -2.14. The van der Waals surface area contributed by atoms with Gasteiger partial charge in [0.15, 0.2) is 0 Å². The zero-order valence-electron chi connectivity index (χ0n) is 9.46. The molecule has 2 N–H and O–H groups in total. The lowest BCUT2D eigenvalue weighted by Crippen LogP contribution is -2.16. The van der Waals surface area contributed by atoms with Gasteiger partial charge < -0.3 is 10.4 Å². The number of aliphatic hydroxyl groups is 1. The van der Waals surface area contributed by atoms with Crippen LogP contribution in [0.3, 0.4) is 0 Å². The fourth-order valence-electron chi connectivity index (χ4n) is 1.34. The molecule has 0 aliphatic carbocycles. The maximum absolute atomic E-state index is 12.6. The largest absolute Gasteiger partial charge is 0.419 e. The Morgan fingerprint density at radius 1 is 1.47 bits per heavy atom. The van der Waals surface area contributed by atoms with Crippen LogP contribution in [0.25, 0.3) is 0 Å². The normalized spacial score (nSPS) is 13.5. The molecule has 96 valence electrons. The Hall–Kier alpha value is -1.30. The molecule has 3 nitrogen and oxygen atoms in total. The van der Waals surface area contributed by atoms with Crippen molar-refractivity contribution in [2.45, 2.75) is 32.0 Å². The van der Waals surface area contributed by atoms with Crippen LogP contribution in [-0.2, 0) is 6.18 Å². The summed E-state index contributed by atoms with van der Waals surface area (Å²) in [5.74, 6) is -0.191. The molecule has 1 aromatic rings. The summed E-state index contributed by atoms with van der Waals surface area (Å²) in [6, 6.07) is 2.22. The van der Waals surface area contributed by atoms with Crippen molar-refractivity contribution in [3.63, 3.8) is 0 Å². The summed E-state index contributed by atoms with van der Waals surface area (Å²) in [6.45, 7) is 2.07. The van der Waals surface area contributed by atoms with Crippen molar-refractivity contribution in [3.8, 4) is 0 Å². The van der Waals surface area contributed by atoms with Crippen molar-refractivity contribution in [2.75, 3.05) is 11.9 Å². The summed E-state index contributed by atoms with van der Waals surface area (Å²) in [7, 11) is 0. The fraction of sp³-hybridized carbons (Fsp3) is 0.545. The van der Waals surface area contributed by atoms with Crippen LogP contribution in [0.15, 0.2) is 18.3 Å². The minimum Gasteiger partial charge on any atom is -0.393 e. The van der Waals surface area contributed by atoms with Crippen LogP contribution in [0.5, 0.6) is 0 Å². The number of halogens is 3. The van der Waals surface area contributed by atoms with E-state index in [1.807, 2.05) is 6.92 Å². The molecule has 6 heteroatoms. The van der Waals surface area contributed by atoms with Gasteiger partial charge in [-0.1, -0.05) is 6.92 Å². The number of alkyl halides is 3. The first-order valence-corrected chi connectivity index (χ1v) is 5.39. The Morgan fingerprint density at radius 3 is 2.76 bits per heavy atom. The van der Waals surface area contributed by atoms with Crippen LogP contribution in [0.2, 0.25) is 0 Å². The van der Waals surface area contributed by atoms with Crippen LogP contribution < -0.4 is 5.32 Å². The Labute approximate surface area is 97.7 Å². The van der Waals surface area contributed by atoms with Crippen molar-refractivity contribution < 1.29 is 18.3 Å². The minimum atomic E-state index is -4.42. The molecule has 17 heavy (non-hydrogen) atoms. The molecule has 0 saturated heterocycles. The Morgan fingerprint density at radius 2 is 2.18 bits per heavy atom. The third-order valence-corrected chi connectivity index (χ3v) is 2.35. The van der Waals surface area contributed by atoms with Gasteiger partial charge in [0, 0.05) is 12.7 Å². The van der Waals surface area contributed by atoms with Crippen molar-refractivity contribution in [2.24, 2.45) is 0 Å². The number of aliphatic hydroxyl groups excluding tert-OH is 1. The van der Waals surface area contributed by atoms with Crippen LogP contribution in [0.4, 0.5) is 19.0 Å². The summed E-state index contributed by atoms with van der Waals surface area (Å²) >= 11 is 0. The quantitative estimate of drug-likeness (QED) is 0.842. The van der Waals surface area contributed by atoms with Gasteiger partial charge in [0.2, 0.25) is 0 Å². The lowest BCUT2D eigenvalue weighted by molar-refractivity contribution is -0.137. The van der Waals surface area contributed by atoms with E-state index in [0.29, 0.717) is 12.8 Å². The predicted octanol–water partition coefficient (Wildman–Crippen LogP) is 2.67. The monoisotopic (exact) mass is 248 g/mol. The summed E-state index contributed by atoms with van der Waals surface area (Å²) < 4.78 is 37.7. The van der Waals surface area contributed by atoms with Gasteiger partial charge >= 0.3 is 6.18 Å². The highest BCUT2D eigenvalue weighted by molar-refractivity contribution is 5.45. The summed E-state index contributed by atoms with van der Waals surface area (Å²) in [6.07, 6.45) is -2.64. The van der Waals surface area contributed by atoms with Crippen LogP contribution in [0, 0.1) is 0 Å². The van der Waals surface area contributed by atoms with Crippen molar-refractivity contribution in [3.05, 3.63) is 23.9 Å². The molecule has 0 fully saturated rings. The highest BCUT2D eigenvalue weighted by atomic mass is 19.4. The van der Waals surface area contributed by atoms with Crippen LogP contribution in [0.1, 0.15) is 25.3 Å². The predicted molar refractivity (Wildman–Crippen MR) is 58.6 cm³/mol. The number of anilines is 1. The number of hydrogen-bond donors (Lipinski definition) is 2. The standard InChI is InChI=1S/C11H15F3N2O/c1-2-8(17)5-7-16-10-9(11(12,13)14)4-3-6-15-10/h3-4,6,8,17H,2,5,7H2,1H3,(H,15,16). The third-order valence-electron chi connectivity index (χ3n) is 2.35. The van der Waals surface area contributed by atoms with Crippen molar-refractivity contribution in [1.82, 2.24) is 4.98 Å². The maximum Gasteiger partial charge on any atom is 0.419 e. The molecule has 0 radical (unpaired) electrons. The number of hydrogen-bond acceptors (Lipinski definition) is 3. The van der Waals surface area contributed by atoms with E-state index < -0.39 is 17.8 Å². The summed E-state index contributed by atoms with van der Waals surface area (Å²) in [5, 5.41) is 11.9. The van der Waals surface area contributed by atoms with Gasteiger partial charge in [-0.2, -0.15) is 13.2 Å². The molecule has 0 aromatic carbocycles. The SMILES string of the molecule is CCC(O)CCNc1ncccc1C(F)(F)F. The molecule has 0 amide bonds.